The van der Waals surface area contributed by atoms with Gasteiger partial charge in [-0.05, 0) is 103 Å². The van der Waals surface area contributed by atoms with Crippen LogP contribution in [0.15, 0.2) is 66.7 Å². The first-order valence-corrected chi connectivity index (χ1v) is 15.3. The molecule has 1 aromatic heterocycles. The van der Waals surface area contributed by atoms with Crippen LogP contribution in [0.4, 0.5) is 22.0 Å². The number of benzene rings is 3. The molecule has 0 amide bonds. The molecule has 3 aromatic carbocycles. The number of hydrogen-bond donors (Lipinski definition) is 2. The lowest BCUT2D eigenvalue weighted by Crippen LogP contribution is -2.36. The van der Waals surface area contributed by atoms with Crippen molar-refractivity contribution in [3.63, 3.8) is 0 Å². The molecule has 0 atom stereocenters. The number of halogens is 5. The number of rotatable bonds is 14. The maximum absolute atomic E-state index is 13.7. The predicted molar refractivity (Wildman–Crippen MR) is 163 cm³/mol. The number of fused-ring (bicyclic) bond motifs is 1. The lowest BCUT2D eigenvalue weighted by molar-refractivity contribution is -0.284. The minimum Gasteiger partial charge on any atom is -0.508 e. The third-order valence-electron chi connectivity index (χ3n) is 7.67. The molecule has 0 fully saturated rings. The highest BCUT2D eigenvalue weighted by Crippen LogP contribution is 2.42. The fourth-order valence-corrected chi connectivity index (χ4v) is 6.34. The normalized spacial score (nSPS) is 12.5. The Morgan fingerprint density at radius 1 is 0.773 bits per heavy atom. The van der Waals surface area contributed by atoms with Gasteiger partial charge in [-0.1, -0.05) is 26.7 Å². The van der Waals surface area contributed by atoms with E-state index in [1.165, 1.54) is 11.3 Å². The maximum atomic E-state index is 13.7. The number of thiophene rings is 1. The molecular weight excluding hydrogens is 599 g/mol. The second-order valence-corrected chi connectivity index (χ2v) is 12.8. The third-order valence-corrected chi connectivity index (χ3v) is 8.87. The molecule has 4 aromatic rings. The summed E-state index contributed by atoms with van der Waals surface area (Å²) < 4.78 is 70.0. The molecule has 0 aliphatic heterocycles. The molecule has 2 N–H and O–H groups in total. The fraction of sp³-hybridized carbons (Fsp3) is 0.382. The van der Waals surface area contributed by atoms with E-state index in [-0.39, 0.29) is 29.1 Å². The summed E-state index contributed by atoms with van der Waals surface area (Å²) in [5, 5.41) is 20.4. The number of ketones is 1. The molecule has 4 nitrogen and oxygen atoms in total. The number of ether oxygens (including phenoxy) is 1. The number of phenolic OH excluding ortho intramolecular Hbond substituents is 2. The van der Waals surface area contributed by atoms with Gasteiger partial charge >= 0.3 is 12.1 Å². The molecule has 0 unspecified atom stereocenters. The molecule has 0 bridgehead atoms. The first kappa shape index (κ1) is 33.2. The molecule has 236 valence electrons. The number of hydrogen-bond acceptors (Lipinski definition) is 5. The summed E-state index contributed by atoms with van der Waals surface area (Å²) in [6.07, 6.45) is -3.51. The van der Waals surface area contributed by atoms with Gasteiger partial charge in [-0.25, -0.2) is 0 Å². The zero-order valence-electron chi connectivity index (χ0n) is 24.5. The maximum Gasteiger partial charge on any atom is 0.453 e. The van der Waals surface area contributed by atoms with Gasteiger partial charge in [0.2, 0.25) is 0 Å². The van der Waals surface area contributed by atoms with Crippen LogP contribution in [-0.4, -0.2) is 34.7 Å². The van der Waals surface area contributed by atoms with E-state index in [4.69, 9.17) is 4.74 Å². The Balaban J connectivity index is 1.29. The summed E-state index contributed by atoms with van der Waals surface area (Å²) >= 11 is 1.39. The number of unbranched alkanes of at least 4 members (excludes halogenated alkanes) is 2. The highest BCUT2D eigenvalue weighted by Gasteiger charge is 2.56. The first-order chi connectivity index (χ1) is 20.7. The summed E-state index contributed by atoms with van der Waals surface area (Å²) in [4.78, 5) is 14.5. The third kappa shape index (κ3) is 8.28. The topological polar surface area (TPSA) is 66.8 Å². The number of carbonyl (C=O) groups excluding carboxylic acids is 1. The van der Waals surface area contributed by atoms with Gasteiger partial charge in [0, 0.05) is 32.5 Å². The molecule has 0 aliphatic rings. The fourth-order valence-electron chi connectivity index (χ4n) is 5.10. The molecule has 44 heavy (non-hydrogen) atoms. The van der Waals surface area contributed by atoms with E-state index in [2.05, 4.69) is 0 Å². The standard InChI is InChI=1S/C34H35F5O4S/c1-32(2,18-6-19-33(35,36)34(37,38)39)17-4-3-5-20-43-26-14-9-22(10-15-26)30(42)29-27-16-13-25(41)21-28(27)44-31(29)23-7-11-24(40)12-8-23/h7-16,21,40-41H,3-6,17-20H2,1-2H3. The Morgan fingerprint density at radius 3 is 2.07 bits per heavy atom. The first-order valence-electron chi connectivity index (χ1n) is 14.4. The minimum absolute atomic E-state index is 0.104. The van der Waals surface area contributed by atoms with Gasteiger partial charge in [0.1, 0.15) is 17.2 Å². The van der Waals surface area contributed by atoms with Gasteiger partial charge < -0.3 is 14.9 Å². The van der Waals surface area contributed by atoms with E-state index >= 15 is 0 Å². The van der Waals surface area contributed by atoms with Crippen LogP contribution in [0.1, 0.15) is 74.7 Å². The van der Waals surface area contributed by atoms with Crippen molar-refractivity contribution in [1.82, 2.24) is 0 Å². The Kier molecular flexibility index (Phi) is 10.2. The molecule has 0 saturated carbocycles. The van der Waals surface area contributed by atoms with E-state index in [1.807, 2.05) is 13.8 Å². The average Bonchev–Trinajstić information content (AvgIpc) is 3.32. The van der Waals surface area contributed by atoms with Gasteiger partial charge in [-0.2, -0.15) is 22.0 Å². The molecule has 0 radical (unpaired) electrons. The van der Waals surface area contributed by atoms with Crippen molar-refractivity contribution in [1.29, 1.82) is 0 Å². The molecule has 0 spiro atoms. The van der Waals surface area contributed by atoms with E-state index in [0.717, 1.165) is 39.8 Å². The molecule has 4 rings (SSSR count). The van der Waals surface area contributed by atoms with Gasteiger partial charge in [-0.3, -0.25) is 4.79 Å². The summed E-state index contributed by atoms with van der Waals surface area (Å²) in [5.74, 6) is -4.00. The lowest BCUT2D eigenvalue weighted by Gasteiger charge is -2.26. The van der Waals surface area contributed by atoms with E-state index in [9.17, 15) is 37.0 Å². The second kappa shape index (κ2) is 13.5. The van der Waals surface area contributed by atoms with E-state index in [0.29, 0.717) is 36.3 Å². The quantitative estimate of drug-likeness (QED) is 0.0823. The molecule has 1 heterocycles. The second-order valence-electron chi connectivity index (χ2n) is 11.8. The van der Waals surface area contributed by atoms with E-state index < -0.39 is 18.5 Å². The van der Waals surface area contributed by atoms with Crippen LogP contribution in [0, 0.1) is 5.41 Å². The van der Waals surface area contributed by atoms with Crippen molar-refractivity contribution < 1.29 is 41.7 Å². The highest BCUT2D eigenvalue weighted by molar-refractivity contribution is 7.22. The Morgan fingerprint density at radius 2 is 1.41 bits per heavy atom. The van der Waals surface area contributed by atoms with Crippen molar-refractivity contribution in [3.05, 3.63) is 77.9 Å². The van der Waals surface area contributed by atoms with Gasteiger partial charge in [0.05, 0.1) is 6.61 Å². The summed E-state index contributed by atoms with van der Waals surface area (Å²) in [6.45, 7) is 4.21. The summed E-state index contributed by atoms with van der Waals surface area (Å²) in [7, 11) is 0. The average molecular weight is 635 g/mol. The largest absolute Gasteiger partial charge is 0.508 e. The van der Waals surface area contributed by atoms with Gasteiger partial charge in [0.25, 0.3) is 0 Å². The van der Waals surface area contributed by atoms with Crippen LogP contribution < -0.4 is 4.74 Å². The van der Waals surface area contributed by atoms with Crippen LogP contribution in [-0.2, 0) is 0 Å². The number of aromatic hydroxyl groups is 2. The van der Waals surface area contributed by atoms with Crippen LogP contribution in [0.5, 0.6) is 17.2 Å². The van der Waals surface area contributed by atoms with Crippen LogP contribution in [0.2, 0.25) is 0 Å². The number of phenols is 2. The lowest BCUT2D eigenvalue weighted by atomic mass is 9.82. The van der Waals surface area contributed by atoms with Crippen LogP contribution >= 0.6 is 11.3 Å². The smallest absolute Gasteiger partial charge is 0.453 e. The Bertz CT molecular complexity index is 1560. The predicted octanol–water partition coefficient (Wildman–Crippen LogP) is 10.5. The zero-order valence-corrected chi connectivity index (χ0v) is 25.3. The van der Waals surface area contributed by atoms with Gasteiger partial charge in [0.15, 0.2) is 5.78 Å². The van der Waals surface area contributed by atoms with Crippen molar-refractivity contribution in [2.45, 2.75) is 70.9 Å². The number of alkyl halides is 5. The van der Waals surface area contributed by atoms with Crippen molar-refractivity contribution in [3.8, 4) is 27.7 Å². The SMILES string of the molecule is CC(C)(CCCCCOc1ccc(C(=O)c2c(-c3ccc(O)cc3)sc3cc(O)ccc23)cc1)CCCC(F)(F)C(F)(F)F. The molecule has 0 aliphatic carbocycles. The monoisotopic (exact) mass is 634 g/mol. The Labute approximate surface area is 257 Å². The minimum atomic E-state index is -5.50. The number of carbonyl (C=O) groups is 1. The van der Waals surface area contributed by atoms with Gasteiger partial charge in [-0.15, -0.1) is 11.3 Å². The molecular formula is C34H35F5O4S. The summed E-state index contributed by atoms with van der Waals surface area (Å²) in [6, 6.07) is 18.4. The van der Waals surface area contributed by atoms with E-state index in [1.54, 1.807) is 66.7 Å². The van der Waals surface area contributed by atoms with Crippen molar-refractivity contribution in [2.75, 3.05) is 6.61 Å². The summed E-state index contributed by atoms with van der Waals surface area (Å²) in [5.41, 5.74) is 1.43. The van der Waals surface area contributed by atoms with Crippen LogP contribution in [0.3, 0.4) is 0 Å². The van der Waals surface area contributed by atoms with Crippen LogP contribution in [0.25, 0.3) is 20.5 Å². The van der Waals surface area contributed by atoms with Crippen molar-refractivity contribution in [2.24, 2.45) is 5.41 Å². The molecule has 10 heteroatoms. The zero-order chi connectivity index (χ0) is 32.1. The highest BCUT2D eigenvalue weighted by atomic mass is 32.1. The molecule has 0 saturated heterocycles. The Hall–Kier alpha value is -3.66. The van der Waals surface area contributed by atoms with Crippen molar-refractivity contribution >= 4 is 27.2 Å².